The van der Waals surface area contributed by atoms with Gasteiger partial charge in [-0.05, 0) is 56.0 Å². The molecule has 3 heterocycles. The Labute approximate surface area is 206 Å². The van der Waals surface area contributed by atoms with Gasteiger partial charge < -0.3 is 20.3 Å². The minimum absolute atomic E-state index is 0.214. The summed E-state index contributed by atoms with van der Waals surface area (Å²) in [6, 6.07) is 0. The number of nitrogens with one attached hydrogen (secondary N) is 1. The third-order valence-electron chi connectivity index (χ3n) is 5.24. The van der Waals surface area contributed by atoms with Gasteiger partial charge in [0.25, 0.3) is 0 Å². The van der Waals surface area contributed by atoms with Gasteiger partial charge in [0.2, 0.25) is 0 Å². The maximum atomic E-state index is 10.6. The average molecular weight is 503 g/mol. The summed E-state index contributed by atoms with van der Waals surface area (Å²) in [5.41, 5.74) is 3.58. The number of thioether (sulfide) groups is 1. The van der Waals surface area contributed by atoms with Gasteiger partial charge >= 0.3 is 0 Å². The van der Waals surface area contributed by atoms with Crippen LogP contribution in [0.2, 0.25) is 0 Å². The van der Waals surface area contributed by atoms with Gasteiger partial charge in [0, 0.05) is 35.7 Å². The molecule has 1 fully saturated rings. The van der Waals surface area contributed by atoms with Crippen molar-refractivity contribution in [3.8, 4) is 0 Å². The van der Waals surface area contributed by atoms with Crippen LogP contribution in [-0.2, 0) is 17.0 Å². The fourth-order valence-electron chi connectivity index (χ4n) is 3.70. The monoisotopic (exact) mass is 502 g/mol. The van der Waals surface area contributed by atoms with Crippen LogP contribution in [0.1, 0.15) is 55.2 Å². The Morgan fingerprint density at radius 1 is 1.47 bits per heavy atom. The van der Waals surface area contributed by atoms with E-state index in [4.69, 9.17) is 16.7 Å². The van der Waals surface area contributed by atoms with E-state index >= 15 is 0 Å². The molecule has 2 atom stereocenters. The van der Waals surface area contributed by atoms with E-state index < -0.39 is 6.10 Å². The maximum Gasteiger partial charge on any atom is 0.133 e. The smallest absolute Gasteiger partial charge is 0.133 e. The second-order valence-corrected chi connectivity index (χ2v) is 10.2. The van der Waals surface area contributed by atoms with Gasteiger partial charge in [0.15, 0.2) is 0 Å². The molecule has 1 saturated heterocycles. The van der Waals surface area contributed by atoms with Gasteiger partial charge in [-0.25, -0.2) is 0 Å². The van der Waals surface area contributed by atoms with Crippen molar-refractivity contribution in [2.24, 2.45) is 0 Å². The normalized spacial score (nSPS) is 19.4. The molecule has 0 radical (unpaired) electrons. The minimum atomic E-state index is -0.449. The van der Waals surface area contributed by atoms with Gasteiger partial charge in [-0.15, -0.1) is 29.5 Å². The average Bonchev–Trinajstić information content (AvgIpc) is 3.18. The van der Waals surface area contributed by atoms with Crippen LogP contribution >= 0.6 is 34.7 Å². The summed E-state index contributed by atoms with van der Waals surface area (Å²) in [7, 11) is 1.94. The van der Waals surface area contributed by atoms with E-state index in [2.05, 4.69) is 24.9 Å². The number of nitrogens with zero attached hydrogens (tertiary/aromatic N) is 1. The molecule has 0 spiro atoms. The lowest BCUT2D eigenvalue weighted by molar-refractivity contribution is -0.109. The first-order chi connectivity index (χ1) is 15.4. The number of alkyl halides is 1. The second kappa shape index (κ2) is 16.7. The molecule has 8 heteroatoms. The predicted octanol–water partition coefficient (Wildman–Crippen LogP) is 5.02. The highest BCUT2D eigenvalue weighted by atomic mass is 35.5. The first-order valence-corrected chi connectivity index (χ1v) is 13.7. The molecule has 182 valence electrons. The summed E-state index contributed by atoms with van der Waals surface area (Å²) in [6.07, 6.45) is 7.93. The lowest BCUT2D eigenvalue weighted by atomic mass is 9.97. The first kappa shape index (κ1) is 29.2. The molecule has 32 heavy (non-hydrogen) atoms. The summed E-state index contributed by atoms with van der Waals surface area (Å²) < 4.78 is 0. The largest absolute Gasteiger partial charge is 0.392 e. The Balaban J connectivity index is 0.000000307. The Bertz CT molecular complexity index is 724. The summed E-state index contributed by atoms with van der Waals surface area (Å²) in [5, 5.41) is 24.1. The number of carbonyl (C=O) groups is 1. The standard InChI is InChI=1S/C14H21NOS2.C7H13NO2.C3H5Cl/c1-4-5-9(2)13(16)12-10-6-7-17-8-11(10)18-14(12)15-3;9-5-4-8-3-1-2-7(10)6-8;1-2-3-4/h5,13,15-16H,4,6-8H2,1-3H3;5,7,10H,1-4,6H2;2H,1,3H2/b9-5+;;. The van der Waals surface area contributed by atoms with Crippen LogP contribution in [0.4, 0.5) is 5.00 Å². The van der Waals surface area contributed by atoms with E-state index in [1.807, 2.05) is 30.6 Å². The third kappa shape index (κ3) is 9.57. The lowest BCUT2D eigenvalue weighted by Gasteiger charge is -2.27. The molecule has 2 aliphatic heterocycles. The summed E-state index contributed by atoms with van der Waals surface area (Å²) in [6.45, 7) is 9.57. The number of aliphatic hydroxyl groups is 2. The number of carbonyl (C=O) groups excluding carboxylic acids is 1. The van der Waals surface area contributed by atoms with Crippen LogP contribution in [-0.4, -0.2) is 65.8 Å². The van der Waals surface area contributed by atoms with Crippen LogP contribution < -0.4 is 5.32 Å². The molecule has 1 aromatic heterocycles. The Hall–Kier alpha value is -0.830. The molecule has 0 amide bonds. The molecule has 2 aliphatic rings. The predicted molar refractivity (Wildman–Crippen MR) is 141 cm³/mol. The number of hydrogen-bond donors (Lipinski definition) is 3. The van der Waals surface area contributed by atoms with Gasteiger partial charge in [0.05, 0.1) is 17.6 Å². The van der Waals surface area contributed by atoms with Crippen LogP contribution in [0.5, 0.6) is 0 Å². The molecule has 0 aliphatic carbocycles. The highest BCUT2D eigenvalue weighted by Gasteiger charge is 2.25. The molecule has 0 aromatic carbocycles. The van der Waals surface area contributed by atoms with E-state index in [1.54, 1.807) is 17.4 Å². The number of allylic oxidation sites excluding steroid dienone is 2. The number of halogens is 1. The highest BCUT2D eigenvalue weighted by Crippen LogP contribution is 2.43. The zero-order chi connectivity index (χ0) is 23.9. The Morgan fingerprint density at radius 3 is 2.75 bits per heavy atom. The number of piperidine rings is 1. The van der Waals surface area contributed by atoms with Crippen molar-refractivity contribution in [3.05, 3.63) is 40.3 Å². The topological polar surface area (TPSA) is 72.8 Å². The fourth-order valence-corrected chi connectivity index (χ4v) is 6.06. The van der Waals surface area contributed by atoms with Gasteiger partial charge in [-0.3, -0.25) is 4.90 Å². The fraction of sp³-hybridized carbons (Fsp3) is 0.625. The molecule has 0 bridgehead atoms. The number of aliphatic hydroxyl groups excluding tert-OH is 2. The minimum Gasteiger partial charge on any atom is -0.392 e. The summed E-state index contributed by atoms with van der Waals surface area (Å²) >= 11 is 8.86. The Kier molecular flexibility index (Phi) is 15.3. The van der Waals surface area contributed by atoms with Crippen molar-refractivity contribution < 1.29 is 15.0 Å². The molecule has 2 unspecified atom stereocenters. The zero-order valence-corrected chi connectivity index (χ0v) is 22.0. The van der Waals surface area contributed by atoms with Crippen molar-refractivity contribution in [1.82, 2.24) is 4.90 Å². The van der Waals surface area contributed by atoms with Crippen LogP contribution in [0, 0.1) is 0 Å². The van der Waals surface area contributed by atoms with Crippen molar-refractivity contribution in [2.75, 3.05) is 43.6 Å². The number of thiophene rings is 1. The van der Waals surface area contributed by atoms with E-state index in [0.29, 0.717) is 19.0 Å². The van der Waals surface area contributed by atoms with Crippen molar-refractivity contribution in [2.45, 2.75) is 57.5 Å². The molecular weight excluding hydrogens is 464 g/mol. The lowest BCUT2D eigenvalue weighted by Crippen LogP contribution is -2.39. The maximum absolute atomic E-state index is 10.6. The number of aldehydes is 1. The van der Waals surface area contributed by atoms with E-state index in [1.165, 1.54) is 16.2 Å². The SMILES string of the molecule is C=CCCl.CC/C=C(\C)C(O)c1c(NC)sc2c1CCSC2.O=CCN1CCCC(O)C1. The van der Waals surface area contributed by atoms with E-state index in [0.717, 1.165) is 60.4 Å². The summed E-state index contributed by atoms with van der Waals surface area (Å²) in [5.74, 6) is 2.82. The number of likely N-dealkylation sites (tertiary alicyclic amines) is 1. The number of β-amino-alcohol motifs (C(OH)–C–C–N with tert-alkyl or cyclic N) is 1. The van der Waals surface area contributed by atoms with Crippen molar-refractivity contribution in [3.63, 3.8) is 0 Å². The van der Waals surface area contributed by atoms with Gasteiger partial charge in [0.1, 0.15) is 12.4 Å². The van der Waals surface area contributed by atoms with Crippen molar-refractivity contribution in [1.29, 1.82) is 0 Å². The molecule has 1 aromatic rings. The zero-order valence-electron chi connectivity index (χ0n) is 19.6. The van der Waals surface area contributed by atoms with Crippen LogP contribution in [0.25, 0.3) is 0 Å². The molecule has 3 N–H and O–H groups in total. The number of hydrogen-bond acceptors (Lipinski definition) is 7. The number of fused-ring (bicyclic) bond motifs is 1. The molecule has 0 saturated carbocycles. The van der Waals surface area contributed by atoms with Crippen molar-refractivity contribution >= 4 is 46.0 Å². The summed E-state index contributed by atoms with van der Waals surface area (Å²) in [4.78, 5) is 13.5. The van der Waals surface area contributed by atoms with Crippen LogP contribution in [0.15, 0.2) is 24.3 Å². The first-order valence-electron chi connectivity index (χ1n) is 11.2. The number of rotatable bonds is 7. The van der Waals surface area contributed by atoms with E-state index in [9.17, 15) is 9.90 Å². The quantitative estimate of drug-likeness (QED) is 0.276. The third-order valence-corrected chi connectivity index (χ3v) is 7.89. The second-order valence-electron chi connectivity index (χ2n) is 7.72. The highest BCUT2D eigenvalue weighted by molar-refractivity contribution is 7.98. The number of anilines is 1. The van der Waals surface area contributed by atoms with Gasteiger partial charge in [-0.2, -0.15) is 11.8 Å². The van der Waals surface area contributed by atoms with E-state index in [-0.39, 0.29) is 6.10 Å². The Morgan fingerprint density at radius 2 is 2.19 bits per heavy atom. The molecular formula is C24H39ClN2O3S2. The van der Waals surface area contributed by atoms with Gasteiger partial charge in [-0.1, -0.05) is 19.1 Å². The van der Waals surface area contributed by atoms with Crippen LogP contribution in [0.3, 0.4) is 0 Å². The molecule has 5 nitrogen and oxygen atoms in total. The molecule has 3 rings (SSSR count).